The van der Waals surface area contributed by atoms with Crippen LogP contribution in [-0.2, 0) is 14.3 Å². The Morgan fingerprint density at radius 2 is 1.61 bits per heavy atom. The highest BCUT2D eigenvalue weighted by Crippen LogP contribution is 2.28. The van der Waals surface area contributed by atoms with Gasteiger partial charge in [-0.25, -0.2) is 9.69 Å². The van der Waals surface area contributed by atoms with Gasteiger partial charge < -0.3 is 14.4 Å². The molecule has 2 aliphatic heterocycles. The number of nitrogens with zero attached hydrogens (tertiary/aromatic N) is 2. The molecule has 3 aromatic carbocycles. The van der Waals surface area contributed by atoms with Crippen LogP contribution >= 0.6 is 0 Å². The topological polar surface area (TPSA) is 76.2 Å². The first-order valence-electron chi connectivity index (χ1n) is 11.9. The van der Waals surface area contributed by atoms with E-state index < -0.39 is 18.0 Å². The summed E-state index contributed by atoms with van der Waals surface area (Å²) >= 11 is 0. The molecule has 0 saturated carbocycles. The van der Waals surface area contributed by atoms with E-state index in [9.17, 15) is 14.4 Å². The van der Waals surface area contributed by atoms with Crippen LogP contribution in [0.2, 0.25) is 0 Å². The minimum Gasteiger partial charge on any atom is -0.446 e. The number of carbonyl (C=O) groups excluding carboxylic acids is 3. The molecular weight excluding hydrogens is 456 g/mol. The molecule has 2 saturated heterocycles. The fraction of sp³-hybridized carbons (Fsp3) is 0.207. The zero-order chi connectivity index (χ0) is 24.9. The average Bonchev–Trinajstić information content (AvgIpc) is 3.34. The van der Waals surface area contributed by atoms with Crippen molar-refractivity contribution < 1.29 is 23.9 Å². The third-order valence-corrected chi connectivity index (χ3v) is 6.36. The second kappa shape index (κ2) is 10.6. The summed E-state index contributed by atoms with van der Waals surface area (Å²) in [6.07, 6.45) is 2.45. The van der Waals surface area contributed by atoms with Gasteiger partial charge in [0, 0.05) is 24.7 Å². The summed E-state index contributed by atoms with van der Waals surface area (Å²) in [7, 11) is 0. The molecule has 2 aliphatic rings. The Kier molecular flexibility index (Phi) is 6.91. The first kappa shape index (κ1) is 23.5. The fourth-order valence-corrected chi connectivity index (χ4v) is 4.41. The second-order valence-electron chi connectivity index (χ2n) is 8.65. The van der Waals surface area contributed by atoms with Gasteiger partial charge >= 0.3 is 6.09 Å². The monoisotopic (exact) mass is 482 g/mol. The van der Waals surface area contributed by atoms with E-state index in [1.165, 1.54) is 6.08 Å². The fourth-order valence-electron chi connectivity index (χ4n) is 4.41. The van der Waals surface area contributed by atoms with Crippen LogP contribution in [0.5, 0.6) is 0 Å². The number of amides is 3. The molecule has 0 N–H and O–H groups in total. The Labute approximate surface area is 209 Å². The van der Waals surface area contributed by atoms with E-state index in [4.69, 9.17) is 9.47 Å². The number of cyclic esters (lactones) is 1. The molecule has 36 heavy (non-hydrogen) atoms. The van der Waals surface area contributed by atoms with Crippen molar-refractivity contribution in [3.8, 4) is 11.1 Å². The molecule has 0 aromatic heterocycles. The molecule has 0 radical (unpaired) electrons. The Morgan fingerprint density at radius 1 is 0.861 bits per heavy atom. The lowest BCUT2D eigenvalue weighted by atomic mass is 10.0. The highest BCUT2D eigenvalue weighted by atomic mass is 16.6. The van der Waals surface area contributed by atoms with Crippen LogP contribution in [0.3, 0.4) is 0 Å². The van der Waals surface area contributed by atoms with Crippen molar-refractivity contribution in [3.05, 3.63) is 102 Å². The maximum absolute atomic E-state index is 12.9. The van der Waals surface area contributed by atoms with Crippen molar-refractivity contribution >= 4 is 24.0 Å². The molecule has 2 heterocycles. The van der Waals surface area contributed by atoms with Crippen LogP contribution in [0.25, 0.3) is 17.2 Å². The molecule has 0 aliphatic carbocycles. The molecule has 7 nitrogen and oxygen atoms in total. The number of ether oxygens (including phenoxy) is 2. The first-order chi connectivity index (χ1) is 17.6. The summed E-state index contributed by atoms with van der Waals surface area (Å²) in [4.78, 5) is 40.8. The van der Waals surface area contributed by atoms with Crippen molar-refractivity contribution in [1.29, 1.82) is 0 Å². The Balaban J connectivity index is 1.29. The van der Waals surface area contributed by atoms with Crippen LogP contribution in [-0.4, -0.2) is 60.6 Å². The van der Waals surface area contributed by atoms with Crippen LogP contribution in [0.1, 0.15) is 27.5 Å². The van der Waals surface area contributed by atoms with Gasteiger partial charge in [0.25, 0.3) is 11.8 Å². The van der Waals surface area contributed by atoms with Crippen LogP contribution in [0.15, 0.2) is 84.9 Å². The number of imide groups is 1. The van der Waals surface area contributed by atoms with Crippen molar-refractivity contribution in [2.24, 2.45) is 0 Å². The molecule has 3 aromatic rings. The van der Waals surface area contributed by atoms with E-state index in [1.807, 2.05) is 78.9 Å². The minimum atomic E-state index is -0.640. The van der Waals surface area contributed by atoms with Gasteiger partial charge in [-0.2, -0.15) is 0 Å². The first-order valence-corrected chi connectivity index (χ1v) is 11.9. The lowest BCUT2D eigenvalue weighted by molar-refractivity contribution is -0.124. The van der Waals surface area contributed by atoms with Crippen molar-refractivity contribution in [1.82, 2.24) is 9.80 Å². The smallest absolute Gasteiger partial charge is 0.417 e. The van der Waals surface area contributed by atoms with Crippen molar-refractivity contribution in [3.63, 3.8) is 0 Å². The number of benzene rings is 3. The third kappa shape index (κ3) is 5.06. The van der Waals surface area contributed by atoms with E-state index >= 15 is 0 Å². The number of rotatable bonds is 5. The second-order valence-corrected chi connectivity index (χ2v) is 8.65. The number of carbonyl (C=O) groups is 3. The zero-order valence-electron chi connectivity index (χ0n) is 19.7. The lowest BCUT2D eigenvalue weighted by Crippen LogP contribution is -2.40. The summed E-state index contributed by atoms with van der Waals surface area (Å²) in [6.45, 7) is 2.49. The largest absolute Gasteiger partial charge is 0.446 e. The predicted octanol–water partition coefficient (Wildman–Crippen LogP) is 4.56. The maximum Gasteiger partial charge on any atom is 0.417 e. The van der Waals surface area contributed by atoms with Gasteiger partial charge in [0.15, 0.2) is 0 Å². The van der Waals surface area contributed by atoms with E-state index in [2.05, 4.69) is 0 Å². The molecule has 3 amide bonds. The predicted molar refractivity (Wildman–Crippen MR) is 135 cm³/mol. The molecule has 1 atom stereocenters. The van der Waals surface area contributed by atoms with Gasteiger partial charge in [0.1, 0.15) is 12.6 Å². The summed E-state index contributed by atoms with van der Waals surface area (Å²) in [5, 5.41) is 0. The van der Waals surface area contributed by atoms with Gasteiger partial charge in [-0.3, -0.25) is 9.59 Å². The summed E-state index contributed by atoms with van der Waals surface area (Å²) in [6, 6.07) is 24.2. The minimum absolute atomic E-state index is 0.00860. The van der Waals surface area contributed by atoms with Gasteiger partial charge in [-0.05, 0) is 46.5 Å². The van der Waals surface area contributed by atoms with E-state index in [0.717, 1.165) is 27.2 Å². The molecular formula is C29H26N2O5. The highest BCUT2D eigenvalue weighted by Gasteiger charge is 2.37. The maximum atomic E-state index is 12.9. The third-order valence-electron chi connectivity index (χ3n) is 6.36. The molecule has 2 fully saturated rings. The van der Waals surface area contributed by atoms with Gasteiger partial charge in [0.2, 0.25) is 0 Å². The number of hydrogen-bond donors (Lipinski definition) is 0. The normalized spacial score (nSPS) is 17.9. The Morgan fingerprint density at radius 3 is 2.36 bits per heavy atom. The number of hydrogen-bond acceptors (Lipinski definition) is 5. The van der Waals surface area contributed by atoms with Crippen LogP contribution in [0, 0.1) is 0 Å². The van der Waals surface area contributed by atoms with E-state index in [1.54, 1.807) is 11.0 Å². The molecule has 5 rings (SSSR count). The Bertz CT molecular complexity index is 1280. The van der Waals surface area contributed by atoms with E-state index in [0.29, 0.717) is 31.9 Å². The molecule has 182 valence electrons. The summed E-state index contributed by atoms with van der Waals surface area (Å²) < 4.78 is 10.5. The summed E-state index contributed by atoms with van der Waals surface area (Å²) in [5.74, 6) is -0.419. The summed E-state index contributed by atoms with van der Waals surface area (Å²) in [5.41, 5.74) is 4.23. The van der Waals surface area contributed by atoms with E-state index in [-0.39, 0.29) is 12.5 Å². The molecule has 0 spiro atoms. The Hall–Kier alpha value is -4.23. The van der Waals surface area contributed by atoms with Crippen molar-refractivity contribution in [2.45, 2.75) is 6.04 Å². The molecule has 0 bridgehead atoms. The van der Waals surface area contributed by atoms with Crippen LogP contribution in [0.4, 0.5) is 4.79 Å². The standard InChI is InChI=1S/C29H26N2O5/c32-27(31-26(20-36-29(31)34)23-6-2-1-3-7-23)14-9-21-5-4-8-25(19-21)22-10-12-24(13-11-22)28(33)30-15-17-35-18-16-30/h1-14,19,26H,15-18,20H2. The zero-order valence-corrected chi connectivity index (χ0v) is 19.7. The van der Waals surface area contributed by atoms with Crippen molar-refractivity contribution in [2.75, 3.05) is 32.9 Å². The molecule has 7 heteroatoms. The molecule has 1 unspecified atom stereocenters. The van der Waals surface area contributed by atoms with Gasteiger partial charge in [-0.15, -0.1) is 0 Å². The lowest BCUT2D eigenvalue weighted by Gasteiger charge is -2.26. The highest BCUT2D eigenvalue weighted by molar-refractivity contribution is 6.02. The van der Waals surface area contributed by atoms with Gasteiger partial charge in [0.05, 0.1) is 13.2 Å². The average molecular weight is 483 g/mol. The SMILES string of the molecule is O=C(c1ccc(-c2cccc(C=CC(=O)N3C(=O)OCC3c3ccccc3)c2)cc1)N1CCOCC1. The number of morpholine rings is 1. The quantitative estimate of drug-likeness (QED) is 0.499. The van der Waals surface area contributed by atoms with Gasteiger partial charge in [-0.1, -0.05) is 60.7 Å². The van der Waals surface area contributed by atoms with Crippen LogP contribution < -0.4 is 0 Å².